The molecule has 0 saturated heterocycles. The third-order valence-corrected chi connectivity index (χ3v) is 1.23. The van der Waals surface area contributed by atoms with Gasteiger partial charge in [-0.05, 0) is 6.92 Å². The van der Waals surface area contributed by atoms with E-state index in [4.69, 9.17) is 0 Å². The number of halogens is 2. The van der Waals surface area contributed by atoms with Crippen molar-refractivity contribution < 1.29 is 8.78 Å². The molecule has 0 aliphatic carbocycles. The third-order valence-electron chi connectivity index (χ3n) is 1.23. The van der Waals surface area contributed by atoms with Gasteiger partial charge >= 0.3 is 0 Å². The van der Waals surface area contributed by atoms with Gasteiger partial charge in [0, 0.05) is 12.7 Å². The summed E-state index contributed by atoms with van der Waals surface area (Å²) >= 11 is 0. The number of hydrogen-bond acceptors (Lipinski definition) is 1. The van der Waals surface area contributed by atoms with Crippen LogP contribution in [0.3, 0.4) is 0 Å². The van der Waals surface area contributed by atoms with Crippen LogP contribution in [-0.2, 0) is 6.54 Å². The summed E-state index contributed by atoms with van der Waals surface area (Å²) in [7, 11) is 0. The molecule has 0 unspecified atom stereocenters. The van der Waals surface area contributed by atoms with Crippen LogP contribution in [0.25, 0.3) is 0 Å². The molecule has 0 aliphatic heterocycles. The Hall–Kier alpha value is -0.930. The molecule has 0 fully saturated rings. The van der Waals surface area contributed by atoms with Crippen LogP contribution < -0.4 is 0 Å². The topological polar surface area (TPSA) is 17.8 Å². The standard InChI is InChI=1S/C6H8F2N2/c1-2-10-4-5(3-9-10)6(7)8/h3-4,6H,2H2,1H3. The van der Waals surface area contributed by atoms with Crippen LogP contribution >= 0.6 is 0 Å². The van der Waals surface area contributed by atoms with E-state index in [0.717, 1.165) is 0 Å². The number of aryl methyl sites for hydroxylation is 1. The fourth-order valence-electron chi connectivity index (χ4n) is 0.665. The summed E-state index contributed by atoms with van der Waals surface area (Å²) in [5, 5.41) is 3.69. The Morgan fingerprint density at radius 2 is 2.40 bits per heavy atom. The summed E-state index contributed by atoms with van der Waals surface area (Å²) < 4.78 is 25.2. The normalized spacial score (nSPS) is 10.8. The predicted octanol–water partition coefficient (Wildman–Crippen LogP) is 1.84. The minimum Gasteiger partial charge on any atom is -0.273 e. The molecule has 0 amide bonds. The van der Waals surface area contributed by atoms with E-state index in [9.17, 15) is 8.78 Å². The average Bonchev–Trinajstić information content (AvgIpc) is 2.34. The quantitative estimate of drug-likeness (QED) is 0.622. The van der Waals surface area contributed by atoms with E-state index >= 15 is 0 Å². The first kappa shape index (κ1) is 7.18. The minimum absolute atomic E-state index is 0.0122. The van der Waals surface area contributed by atoms with Gasteiger partial charge in [0.1, 0.15) is 0 Å². The number of alkyl halides is 2. The van der Waals surface area contributed by atoms with E-state index in [1.54, 1.807) is 0 Å². The first-order valence-corrected chi connectivity index (χ1v) is 3.04. The molecule has 0 spiro atoms. The zero-order valence-electron chi connectivity index (χ0n) is 5.59. The molecule has 0 radical (unpaired) electrons. The highest BCUT2D eigenvalue weighted by molar-refractivity contribution is 5.04. The summed E-state index contributed by atoms with van der Waals surface area (Å²) in [5.41, 5.74) is -0.0122. The molecule has 0 saturated carbocycles. The Bertz CT molecular complexity index is 207. The van der Waals surface area contributed by atoms with Crippen LogP contribution in [0.5, 0.6) is 0 Å². The zero-order valence-corrected chi connectivity index (χ0v) is 5.59. The van der Waals surface area contributed by atoms with Crippen molar-refractivity contribution in [2.75, 3.05) is 0 Å². The maximum atomic E-state index is 11.9. The van der Waals surface area contributed by atoms with E-state index in [-0.39, 0.29) is 5.56 Å². The molecule has 0 atom stereocenters. The van der Waals surface area contributed by atoms with E-state index < -0.39 is 6.43 Å². The molecule has 10 heavy (non-hydrogen) atoms. The van der Waals surface area contributed by atoms with Crippen molar-refractivity contribution in [1.82, 2.24) is 9.78 Å². The summed E-state index contributed by atoms with van der Waals surface area (Å²) in [6.45, 7) is 2.48. The monoisotopic (exact) mass is 146 g/mol. The van der Waals surface area contributed by atoms with Gasteiger partial charge in [-0.25, -0.2) is 8.78 Å². The molecule has 1 aromatic heterocycles. The summed E-state index contributed by atoms with van der Waals surface area (Å²) in [6, 6.07) is 0. The lowest BCUT2D eigenvalue weighted by Crippen LogP contribution is -1.92. The molecule has 2 nitrogen and oxygen atoms in total. The Labute approximate surface area is 57.5 Å². The first-order chi connectivity index (χ1) is 4.74. The second-order valence-corrected chi connectivity index (χ2v) is 1.93. The van der Waals surface area contributed by atoms with Crippen LogP contribution in [0.4, 0.5) is 8.78 Å². The van der Waals surface area contributed by atoms with Crippen LogP contribution in [0.1, 0.15) is 18.9 Å². The van der Waals surface area contributed by atoms with Gasteiger partial charge in [0.15, 0.2) is 0 Å². The largest absolute Gasteiger partial charge is 0.273 e. The molecule has 4 heteroatoms. The highest BCUT2D eigenvalue weighted by Gasteiger charge is 2.07. The Balaban J connectivity index is 2.78. The molecular weight excluding hydrogens is 138 g/mol. The van der Waals surface area contributed by atoms with Gasteiger partial charge in [0.25, 0.3) is 6.43 Å². The molecule has 0 bridgehead atoms. The van der Waals surface area contributed by atoms with Crippen molar-refractivity contribution >= 4 is 0 Å². The van der Waals surface area contributed by atoms with E-state index in [1.165, 1.54) is 17.1 Å². The maximum absolute atomic E-state index is 11.9. The molecule has 1 heterocycles. The van der Waals surface area contributed by atoms with Crippen molar-refractivity contribution in [2.24, 2.45) is 0 Å². The maximum Gasteiger partial charge on any atom is 0.266 e. The molecule has 0 aliphatic rings. The first-order valence-electron chi connectivity index (χ1n) is 3.04. The zero-order chi connectivity index (χ0) is 7.56. The third kappa shape index (κ3) is 1.32. The van der Waals surface area contributed by atoms with Crippen molar-refractivity contribution in [2.45, 2.75) is 19.9 Å². The van der Waals surface area contributed by atoms with Gasteiger partial charge < -0.3 is 0 Å². The lowest BCUT2D eigenvalue weighted by molar-refractivity contribution is 0.151. The van der Waals surface area contributed by atoms with Crippen molar-refractivity contribution in [1.29, 1.82) is 0 Å². The second-order valence-electron chi connectivity index (χ2n) is 1.93. The highest BCUT2D eigenvalue weighted by Crippen LogP contribution is 2.16. The Morgan fingerprint density at radius 3 is 2.70 bits per heavy atom. The van der Waals surface area contributed by atoms with Crippen LogP contribution in [0, 0.1) is 0 Å². The summed E-state index contributed by atoms with van der Waals surface area (Å²) in [4.78, 5) is 0. The fraction of sp³-hybridized carbons (Fsp3) is 0.500. The Morgan fingerprint density at radius 1 is 1.70 bits per heavy atom. The second kappa shape index (κ2) is 2.77. The molecule has 1 aromatic rings. The Kier molecular flexibility index (Phi) is 1.99. The van der Waals surface area contributed by atoms with Crippen molar-refractivity contribution in [3.63, 3.8) is 0 Å². The van der Waals surface area contributed by atoms with Gasteiger partial charge in [-0.15, -0.1) is 0 Å². The SMILES string of the molecule is CCn1cc(C(F)F)cn1. The van der Waals surface area contributed by atoms with Gasteiger partial charge in [-0.2, -0.15) is 5.10 Å². The highest BCUT2D eigenvalue weighted by atomic mass is 19.3. The van der Waals surface area contributed by atoms with Gasteiger partial charge in [-0.1, -0.05) is 0 Å². The molecule has 1 rings (SSSR count). The fourth-order valence-corrected chi connectivity index (χ4v) is 0.665. The van der Waals surface area contributed by atoms with Crippen LogP contribution in [-0.4, -0.2) is 9.78 Å². The average molecular weight is 146 g/mol. The lowest BCUT2D eigenvalue weighted by atomic mass is 10.4. The smallest absolute Gasteiger partial charge is 0.266 e. The minimum atomic E-state index is -2.40. The van der Waals surface area contributed by atoms with Gasteiger partial charge in [-0.3, -0.25) is 4.68 Å². The number of aromatic nitrogens is 2. The van der Waals surface area contributed by atoms with Gasteiger partial charge in [0.2, 0.25) is 0 Å². The number of hydrogen-bond donors (Lipinski definition) is 0. The predicted molar refractivity (Wildman–Crippen MR) is 32.9 cm³/mol. The summed E-state index contributed by atoms with van der Waals surface area (Å²) in [5.74, 6) is 0. The molecule has 56 valence electrons. The number of nitrogens with zero attached hydrogens (tertiary/aromatic N) is 2. The van der Waals surface area contributed by atoms with Crippen molar-refractivity contribution in [3.8, 4) is 0 Å². The molecular formula is C6H8F2N2. The number of rotatable bonds is 2. The van der Waals surface area contributed by atoms with Gasteiger partial charge in [0.05, 0.1) is 11.8 Å². The van der Waals surface area contributed by atoms with E-state index in [1.807, 2.05) is 6.92 Å². The van der Waals surface area contributed by atoms with Crippen LogP contribution in [0.2, 0.25) is 0 Å². The van der Waals surface area contributed by atoms with Crippen molar-refractivity contribution in [3.05, 3.63) is 18.0 Å². The van der Waals surface area contributed by atoms with Crippen LogP contribution in [0.15, 0.2) is 12.4 Å². The molecule has 0 aromatic carbocycles. The lowest BCUT2D eigenvalue weighted by Gasteiger charge is -1.91. The van der Waals surface area contributed by atoms with E-state index in [0.29, 0.717) is 6.54 Å². The summed E-state index contributed by atoms with van der Waals surface area (Å²) in [6.07, 6.45) is 0.138. The molecule has 0 N–H and O–H groups in total. The van der Waals surface area contributed by atoms with E-state index in [2.05, 4.69) is 5.10 Å².